The molecule has 0 saturated carbocycles. The van der Waals surface area contributed by atoms with Crippen molar-refractivity contribution < 1.29 is 24.4 Å². The Morgan fingerprint density at radius 1 is 1.38 bits per heavy atom. The SMILES string of the molecule is O=C(O)[C@@H](Cc1cnc[nH]1)N1C(=O)c2cccc([N+](=O)[O-])c2C1=O. The summed E-state index contributed by atoms with van der Waals surface area (Å²) in [7, 11) is 0. The third-order valence-corrected chi connectivity index (χ3v) is 3.69. The molecule has 1 aliphatic rings. The van der Waals surface area contributed by atoms with Crippen LogP contribution in [0.3, 0.4) is 0 Å². The Kier molecular flexibility index (Phi) is 3.56. The molecule has 122 valence electrons. The fourth-order valence-corrected chi connectivity index (χ4v) is 2.61. The summed E-state index contributed by atoms with van der Waals surface area (Å²) in [6.07, 6.45) is 2.52. The molecule has 0 spiro atoms. The first-order chi connectivity index (χ1) is 11.4. The molecule has 0 unspecified atom stereocenters. The number of benzene rings is 1. The van der Waals surface area contributed by atoms with Crippen molar-refractivity contribution >= 4 is 23.5 Å². The number of rotatable bonds is 5. The number of nitro benzene ring substituents is 1. The molecule has 2 aromatic rings. The van der Waals surface area contributed by atoms with E-state index < -0.39 is 34.4 Å². The molecule has 1 atom stereocenters. The molecule has 3 rings (SSSR count). The van der Waals surface area contributed by atoms with Gasteiger partial charge in [0.1, 0.15) is 11.6 Å². The molecule has 2 N–H and O–H groups in total. The van der Waals surface area contributed by atoms with E-state index in [0.29, 0.717) is 10.6 Å². The van der Waals surface area contributed by atoms with Gasteiger partial charge in [-0.05, 0) is 6.07 Å². The highest BCUT2D eigenvalue weighted by atomic mass is 16.6. The van der Waals surface area contributed by atoms with Crippen LogP contribution in [0.25, 0.3) is 0 Å². The van der Waals surface area contributed by atoms with Crippen molar-refractivity contribution in [1.29, 1.82) is 0 Å². The first-order valence-corrected chi connectivity index (χ1v) is 6.77. The van der Waals surface area contributed by atoms with Gasteiger partial charge < -0.3 is 10.1 Å². The number of aromatic nitrogens is 2. The van der Waals surface area contributed by atoms with Gasteiger partial charge in [-0.2, -0.15) is 0 Å². The molecule has 10 nitrogen and oxygen atoms in total. The Morgan fingerprint density at radius 3 is 2.71 bits per heavy atom. The molecule has 0 fully saturated rings. The van der Waals surface area contributed by atoms with E-state index in [-0.39, 0.29) is 17.5 Å². The van der Waals surface area contributed by atoms with Crippen molar-refractivity contribution in [1.82, 2.24) is 14.9 Å². The molecule has 0 radical (unpaired) electrons. The second-order valence-electron chi connectivity index (χ2n) is 5.07. The zero-order valence-electron chi connectivity index (χ0n) is 12.0. The molecule has 1 aromatic heterocycles. The van der Waals surface area contributed by atoms with Gasteiger partial charge in [0.25, 0.3) is 17.5 Å². The van der Waals surface area contributed by atoms with Gasteiger partial charge in [0, 0.05) is 24.4 Å². The zero-order valence-corrected chi connectivity index (χ0v) is 12.0. The maximum atomic E-state index is 12.5. The lowest BCUT2D eigenvalue weighted by atomic mass is 10.1. The first-order valence-electron chi connectivity index (χ1n) is 6.77. The van der Waals surface area contributed by atoms with Gasteiger partial charge in [0.2, 0.25) is 0 Å². The highest BCUT2D eigenvalue weighted by molar-refractivity contribution is 6.24. The number of carboxylic acid groups (broad SMARTS) is 1. The third kappa shape index (κ3) is 2.29. The van der Waals surface area contributed by atoms with Gasteiger partial charge in [-0.3, -0.25) is 24.6 Å². The van der Waals surface area contributed by atoms with Crippen LogP contribution >= 0.6 is 0 Å². The van der Waals surface area contributed by atoms with Crippen LogP contribution in [0.15, 0.2) is 30.7 Å². The Balaban J connectivity index is 2.04. The van der Waals surface area contributed by atoms with Crippen LogP contribution in [-0.4, -0.2) is 48.7 Å². The lowest BCUT2D eigenvalue weighted by Crippen LogP contribution is -2.46. The quantitative estimate of drug-likeness (QED) is 0.463. The molecule has 0 aliphatic carbocycles. The molecule has 0 saturated heterocycles. The third-order valence-electron chi connectivity index (χ3n) is 3.69. The van der Waals surface area contributed by atoms with Crippen molar-refractivity contribution in [3.05, 3.63) is 57.7 Å². The van der Waals surface area contributed by atoms with Crippen LogP contribution in [-0.2, 0) is 11.2 Å². The minimum atomic E-state index is -1.50. The van der Waals surface area contributed by atoms with Gasteiger partial charge in [-0.1, -0.05) is 6.07 Å². The Bertz CT molecular complexity index is 860. The Hall–Kier alpha value is -3.56. The molecule has 1 aromatic carbocycles. The number of amides is 2. The van der Waals surface area contributed by atoms with E-state index in [0.717, 1.165) is 6.07 Å². The van der Waals surface area contributed by atoms with Crippen LogP contribution in [0.1, 0.15) is 26.4 Å². The van der Waals surface area contributed by atoms with Crippen molar-refractivity contribution in [2.75, 3.05) is 0 Å². The number of H-pyrrole nitrogens is 1. The molecule has 10 heteroatoms. The topological polar surface area (TPSA) is 146 Å². The maximum absolute atomic E-state index is 12.5. The first kappa shape index (κ1) is 15.3. The average Bonchev–Trinajstić information content (AvgIpc) is 3.13. The standard InChI is InChI=1S/C14H10N4O6/c19-12-8-2-1-3-9(18(23)24)11(8)13(20)17(12)10(14(21)22)4-7-5-15-6-16-7/h1-3,5-6,10H,4H2,(H,15,16)(H,21,22)/t10-/m1/s1. The second kappa shape index (κ2) is 5.57. The number of aromatic amines is 1. The number of imide groups is 1. The minimum Gasteiger partial charge on any atom is -0.480 e. The van der Waals surface area contributed by atoms with Crippen LogP contribution in [0.5, 0.6) is 0 Å². The fourth-order valence-electron chi connectivity index (χ4n) is 2.61. The predicted octanol–water partition coefficient (Wildman–Crippen LogP) is 0.610. The number of carbonyl (C=O) groups excluding carboxylic acids is 2. The van der Waals surface area contributed by atoms with E-state index in [1.807, 2.05) is 0 Å². The summed E-state index contributed by atoms with van der Waals surface area (Å²) >= 11 is 0. The number of fused-ring (bicyclic) bond motifs is 1. The number of carbonyl (C=O) groups is 3. The van der Waals surface area contributed by atoms with Crippen molar-refractivity contribution in [3.63, 3.8) is 0 Å². The number of hydrogen-bond donors (Lipinski definition) is 2. The smallest absolute Gasteiger partial charge is 0.327 e. The normalized spacial score (nSPS) is 14.6. The highest BCUT2D eigenvalue weighted by Gasteiger charge is 2.46. The minimum absolute atomic E-state index is 0.176. The molecule has 2 heterocycles. The van der Waals surface area contributed by atoms with Crippen LogP contribution in [0.2, 0.25) is 0 Å². The van der Waals surface area contributed by atoms with E-state index in [9.17, 15) is 29.6 Å². The van der Waals surface area contributed by atoms with E-state index in [2.05, 4.69) is 9.97 Å². The fraction of sp³-hybridized carbons (Fsp3) is 0.143. The van der Waals surface area contributed by atoms with E-state index >= 15 is 0 Å². The molecule has 2 amide bonds. The van der Waals surface area contributed by atoms with Crippen LogP contribution in [0, 0.1) is 10.1 Å². The van der Waals surface area contributed by atoms with Gasteiger partial charge in [0.05, 0.1) is 16.8 Å². The van der Waals surface area contributed by atoms with E-state index in [4.69, 9.17) is 0 Å². The van der Waals surface area contributed by atoms with Gasteiger partial charge >= 0.3 is 5.97 Å². The van der Waals surface area contributed by atoms with Crippen LogP contribution < -0.4 is 0 Å². The van der Waals surface area contributed by atoms with Crippen molar-refractivity contribution in [3.8, 4) is 0 Å². The number of aliphatic carboxylic acids is 1. The Morgan fingerprint density at radius 2 is 2.12 bits per heavy atom. The molecule has 1 aliphatic heterocycles. The maximum Gasteiger partial charge on any atom is 0.327 e. The predicted molar refractivity (Wildman–Crippen MR) is 77.3 cm³/mol. The van der Waals surface area contributed by atoms with E-state index in [1.165, 1.54) is 24.7 Å². The number of nitrogens with one attached hydrogen (secondary N) is 1. The summed E-state index contributed by atoms with van der Waals surface area (Å²) in [6, 6.07) is 2.13. The largest absolute Gasteiger partial charge is 0.480 e. The summed E-state index contributed by atoms with van der Waals surface area (Å²) in [4.78, 5) is 53.8. The van der Waals surface area contributed by atoms with E-state index in [1.54, 1.807) is 0 Å². The lowest BCUT2D eigenvalue weighted by Gasteiger charge is -2.21. The number of nitrogens with zero attached hydrogens (tertiary/aromatic N) is 3. The zero-order chi connectivity index (χ0) is 17.4. The molecular weight excluding hydrogens is 320 g/mol. The summed E-state index contributed by atoms with van der Waals surface area (Å²) in [5.74, 6) is -3.26. The van der Waals surface area contributed by atoms with Crippen molar-refractivity contribution in [2.45, 2.75) is 12.5 Å². The molecule has 24 heavy (non-hydrogen) atoms. The van der Waals surface area contributed by atoms with Crippen molar-refractivity contribution in [2.24, 2.45) is 0 Å². The number of nitro groups is 1. The van der Waals surface area contributed by atoms with Gasteiger partial charge in [0.15, 0.2) is 0 Å². The summed E-state index contributed by atoms with van der Waals surface area (Å²) < 4.78 is 0. The van der Waals surface area contributed by atoms with Crippen LogP contribution in [0.4, 0.5) is 5.69 Å². The average molecular weight is 330 g/mol. The monoisotopic (exact) mass is 330 g/mol. The van der Waals surface area contributed by atoms with Gasteiger partial charge in [-0.15, -0.1) is 0 Å². The number of carboxylic acids is 1. The number of hydrogen-bond acceptors (Lipinski definition) is 6. The van der Waals surface area contributed by atoms with Gasteiger partial charge in [-0.25, -0.2) is 9.78 Å². The number of imidazole rings is 1. The Labute approximate surface area is 133 Å². The second-order valence-corrected chi connectivity index (χ2v) is 5.07. The molecular formula is C14H10N4O6. The summed E-state index contributed by atoms with van der Waals surface area (Å²) in [5.41, 5.74) is -0.680. The molecule has 0 bridgehead atoms. The summed E-state index contributed by atoms with van der Waals surface area (Å²) in [6.45, 7) is 0. The summed E-state index contributed by atoms with van der Waals surface area (Å²) in [5, 5.41) is 20.5. The highest BCUT2D eigenvalue weighted by Crippen LogP contribution is 2.32. The lowest BCUT2D eigenvalue weighted by molar-refractivity contribution is -0.385.